The first-order chi connectivity index (χ1) is 7.57. The minimum Gasteiger partial charge on any atom is -0.351 e. The third-order valence-corrected chi connectivity index (χ3v) is 2.10. The lowest BCUT2D eigenvalue weighted by Crippen LogP contribution is -2.30. The molecule has 1 aromatic rings. The van der Waals surface area contributed by atoms with Crippen LogP contribution in [0.4, 0.5) is 5.69 Å². The molecule has 6 nitrogen and oxygen atoms in total. The molecule has 0 saturated heterocycles. The average Bonchev–Trinajstić information content (AvgIpc) is 2.25. The van der Waals surface area contributed by atoms with Gasteiger partial charge in [-0.05, 0) is 12.5 Å². The normalized spacial score (nSPS) is 9.88. The Kier molecular flexibility index (Phi) is 3.96. The predicted molar refractivity (Wildman–Crippen MR) is 59.2 cm³/mol. The van der Waals surface area contributed by atoms with Crippen molar-refractivity contribution in [1.82, 2.24) is 5.32 Å². The van der Waals surface area contributed by atoms with E-state index < -0.39 is 10.8 Å². The zero-order valence-electron chi connectivity index (χ0n) is 8.90. The van der Waals surface area contributed by atoms with Crippen LogP contribution in [-0.4, -0.2) is 23.9 Å². The van der Waals surface area contributed by atoms with E-state index in [0.717, 1.165) is 0 Å². The van der Waals surface area contributed by atoms with Crippen LogP contribution in [0.2, 0.25) is 0 Å². The summed E-state index contributed by atoms with van der Waals surface area (Å²) >= 11 is 0. The average molecular weight is 223 g/mol. The molecule has 0 aliphatic carbocycles. The first-order valence-corrected chi connectivity index (χ1v) is 4.80. The molecule has 0 bridgehead atoms. The summed E-state index contributed by atoms with van der Waals surface area (Å²) in [5, 5.41) is 13.3. The van der Waals surface area contributed by atoms with Crippen molar-refractivity contribution in [2.75, 3.05) is 13.1 Å². The van der Waals surface area contributed by atoms with Gasteiger partial charge in [-0.15, -0.1) is 0 Å². The molecule has 16 heavy (non-hydrogen) atoms. The van der Waals surface area contributed by atoms with E-state index in [4.69, 9.17) is 5.73 Å². The summed E-state index contributed by atoms with van der Waals surface area (Å²) in [6, 6.07) is 4.52. The topological polar surface area (TPSA) is 98.3 Å². The highest BCUT2D eigenvalue weighted by Gasteiger charge is 2.21. The summed E-state index contributed by atoms with van der Waals surface area (Å²) < 4.78 is 0. The van der Waals surface area contributed by atoms with Crippen molar-refractivity contribution in [3.63, 3.8) is 0 Å². The highest BCUT2D eigenvalue weighted by Crippen LogP contribution is 2.21. The van der Waals surface area contributed by atoms with Gasteiger partial charge in [0, 0.05) is 19.2 Å². The standard InChI is InChI=1S/C10H13N3O3/c1-7-3-2-4-8(13(15)16)9(7)10(14)12-6-5-11/h2-4H,5-6,11H2,1H3,(H,12,14). The zero-order valence-corrected chi connectivity index (χ0v) is 8.90. The van der Waals surface area contributed by atoms with E-state index in [9.17, 15) is 14.9 Å². The Morgan fingerprint density at radius 1 is 1.56 bits per heavy atom. The number of nitrogens with zero attached hydrogens (tertiary/aromatic N) is 1. The fraction of sp³-hybridized carbons (Fsp3) is 0.300. The molecule has 3 N–H and O–H groups in total. The van der Waals surface area contributed by atoms with Crippen LogP contribution in [-0.2, 0) is 0 Å². The Bertz CT molecular complexity index is 418. The second kappa shape index (κ2) is 5.22. The highest BCUT2D eigenvalue weighted by molar-refractivity contribution is 5.99. The predicted octanol–water partition coefficient (Wildman–Crippen LogP) is 0.592. The fourth-order valence-corrected chi connectivity index (χ4v) is 1.37. The Morgan fingerprint density at radius 2 is 2.25 bits per heavy atom. The molecule has 6 heteroatoms. The number of benzene rings is 1. The smallest absolute Gasteiger partial charge is 0.282 e. The van der Waals surface area contributed by atoms with Crippen molar-refractivity contribution in [3.8, 4) is 0 Å². The van der Waals surface area contributed by atoms with Crippen LogP contribution in [0.5, 0.6) is 0 Å². The lowest BCUT2D eigenvalue weighted by molar-refractivity contribution is -0.385. The molecule has 0 spiro atoms. The van der Waals surface area contributed by atoms with Crippen LogP contribution in [0.3, 0.4) is 0 Å². The summed E-state index contributed by atoms with van der Waals surface area (Å²) in [6.07, 6.45) is 0. The molecule has 0 unspecified atom stereocenters. The van der Waals surface area contributed by atoms with E-state index in [0.29, 0.717) is 18.7 Å². The minimum atomic E-state index is -0.565. The maximum absolute atomic E-state index is 11.7. The third-order valence-electron chi connectivity index (χ3n) is 2.10. The molecular formula is C10H13N3O3. The number of nitro groups is 1. The zero-order chi connectivity index (χ0) is 12.1. The van der Waals surface area contributed by atoms with E-state index >= 15 is 0 Å². The molecule has 0 fully saturated rings. The van der Waals surface area contributed by atoms with Gasteiger partial charge in [-0.25, -0.2) is 0 Å². The van der Waals surface area contributed by atoms with Crippen LogP contribution in [0.15, 0.2) is 18.2 Å². The van der Waals surface area contributed by atoms with Crippen LogP contribution in [0.25, 0.3) is 0 Å². The quantitative estimate of drug-likeness (QED) is 0.576. The highest BCUT2D eigenvalue weighted by atomic mass is 16.6. The number of carbonyl (C=O) groups excluding carboxylic acids is 1. The third kappa shape index (κ3) is 2.54. The van der Waals surface area contributed by atoms with Gasteiger partial charge in [0.25, 0.3) is 11.6 Å². The molecule has 1 rings (SSSR count). The first kappa shape index (κ1) is 12.1. The van der Waals surface area contributed by atoms with Gasteiger partial charge in [0.15, 0.2) is 0 Å². The molecule has 0 aliphatic rings. The molecule has 1 amide bonds. The van der Waals surface area contributed by atoms with Gasteiger partial charge in [0.1, 0.15) is 5.56 Å². The van der Waals surface area contributed by atoms with Gasteiger partial charge in [0.05, 0.1) is 4.92 Å². The Labute approximate surface area is 92.6 Å². The van der Waals surface area contributed by atoms with Crippen molar-refractivity contribution in [1.29, 1.82) is 0 Å². The molecule has 1 aromatic carbocycles. The van der Waals surface area contributed by atoms with Crippen molar-refractivity contribution >= 4 is 11.6 Å². The van der Waals surface area contributed by atoms with Gasteiger partial charge in [-0.2, -0.15) is 0 Å². The Morgan fingerprint density at radius 3 is 2.81 bits per heavy atom. The van der Waals surface area contributed by atoms with E-state index in [2.05, 4.69) is 5.32 Å². The van der Waals surface area contributed by atoms with E-state index in [1.165, 1.54) is 6.07 Å². The number of nitro benzene ring substituents is 1. The summed E-state index contributed by atoms with van der Waals surface area (Å²) in [6.45, 7) is 2.25. The summed E-state index contributed by atoms with van der Waals surface area (Å²) in [7, 11) is 0. The van der Waals surface area contributed by atoms with E-state index in [1.807, 2.05) is 0 Å². The second-order valence-corrected chi connectivity index (χ2v) is 3.27. The number of nitrogens with two attached hydrogens (primary N) is 1. The van der Waals surface area contributed by atoms with Gasteiger partial charge in [-0.1, -0.05) is 12.1 Å². The van der Waals surface area contributed by atoms with Crippen molar-refractivity contribution < 1.29 is 9.72 Å². The summed E-state index contributed by atoms with van der Waals surface area (Å²) in [5.74, 6) is -0.463. The van der Waals surface area contributed by atoms with Crippen molar-refractivity contribution in [2.45, 2.75) is 6.92 Å². The molecule has 0 heterocycles. The molecule has 86 valence electrons. The van der Waals surface area contributed by atoms with Gasteiger partial charge < -0.3 is 11.1 Å². The lowest BCUT2D eigenvalue weighted by atomic mass is 10.1. The summed E-state index contributed by atoms with van der Waals surface area (Å²) in [4.78, 5) is 21.9. The number of amides is 1. The van der Waals surface area contributed by atoms with E-state index in [-0.39, 0.29) is 11.3 Å². The molecule has 0 saturated carbocycles. The number of rotatable bonds is 4. The Hall–Kier alpha value is -1.95. The van der Waals surface area contributed by atoms with Crippen LogP contribution in [0, 0.1) is 17.0 Å². The summed E-state index contributed by atoms with van der Waals surface area (Å²) in [5.41, 5.74) is 5.73. The maximum Gasteiger partial charge on any atom is 0.282 e. The van der Waals surface area contributed by atoms with Crippen LogP contribution >= 0.6 is 0 Å². The fourth-order valence-electron chi connectivity index (χ4n) is 1.37. The maximum atomic E-state index is 11.7. The van der Waals surface area contributed by atoms with Crippen LogP contribution < -0.4 is 11.1 Å². The van der Waals surface area contributed by atoms with Crippen molar-refractivity contribution in [3.05, 3.63) is 39.4 Å². The lowest BCUT2D eigenvalue weighted by Gasteiger charge is -2.06. The molecule has 0 aromatic heterocycles. The molecule has 0 radical (unpaired) electrons. The Balaban J connectivity index is 3.10. The number of nitrogens with one attached hydrogen (secondary N) is 1. The van der Waals surface area contributed by atoms with Gasteiger partial charge in [0.2, 0.25) is 0 Å². The SMILES string of the molecule is Cc1cccc([N+](=O)[O-])c1C(=O)NCCN. The number of hydrogen-bond acceptors (Lipinski definition) is 4. The number of hydrogen-bond donors (Lipinski definition) is 2. The monoisotopic (exact) mass is 223 g/mol. The molecule has 0 atom stereocenters. The molecular weight excluding hydrogens is 210 g/mol. The van der Waals surface area contributed by atoms with Gasteiger partial charge in [-0.3, -0.25) is 14.9 Å². The number of aryl methyl sites for hydroxylation is 1. The second-order valence-electron chi connectivity index (χ2n) is 3.27. The van der Waals surface area contributed by atoms with Crippen molar-refractivity contribution in [2.24, 2.45) is 5.73 Å². The minimum absolute atomic E-state index is 0.0981. The van der Waals surface area contributed by atoms with Crippen LogP contribution in [0.1, 0.15) is 15.9 Å². The molecule has 0 aliphatic heterocycles. The van der Waals surface area contributed by atoms with Gasteiger partial charge >= 0.3 is 0 Å². The van der Waals surface area contributed by atoms with E-state index in [1.54, 1.807) is 19.1 Å². The first-order valence-electron chi connectivity index (χ1n) is 4.80. The largest absolute Gasteiger partial charge is 0.351 e. The number of carbonyl (C=O) groups is 1.